The highest BCUT2D eigenvalue weighted by molar-refractivity contribution is 5.83. The van der Waals surface area contributed by atoms with Crippen LogP contribution in [0.2, 0.25) is 0 Å². The van der Waals surface area contributed by atoms with Gasteiger partial charge in [0.15, 0.2) is 12.6 Å². The Morgan fingerprint density at radius 2 is 1.54 bits per heavy atom. The van der Waals surface area contributed by atoms with E-state index in [0.717, 1.165) is 0 Å². The van der Waals surface area contributed by atoms with Crippen molar-refractivity contribution in [2.24, 2.45) is 23.7 Å². The van der Waals surface area contributed by atoms with E-state index in [2.05, 4.69) is 0 Å². The molecule has 0 saturated carbocycles. The van der Waals surface area contributed by atoms with Gasteiger partial charge in [0.1, 0.15) is 29.7 Å². The smallest absolute Gasteiger partial charge is 0.311 e. The largest absolute Gasteiger partial charge is 0.459 e. The molecule has 0 aliphatic carbocycles. The van der Waals surface area contributed by atoms with Gasteiger partial charge in [-0.15, -0.1) is 0 Å². The number of ether oxygens (including phenoxy) is 8. The van der Waals surface area contributed by atoms with E-state index < -0.39 is 102 Å². The zero-order valence-electron chi connectivity index (χ0n) is 36.2. The first-order valence-corrected chi connectivity index (χ1v) is 20.2. The summed E-state index contributed by atoms with van der Waals surface area (Å²) in [6.07, 6.45) is -8.27. The average molecular weight is 801 g/mol. The van der Waals surface area contributed by atoms with Gasteiger partial charge in [0.2, 0.25) is 0 Å². The molecular weight excluding hydrogens is 728 g/mol. The van der Waals surface area contributed by atoms with Crippen LogP contribution < -0.4 is 0 Å². The molecule has 3 rings (SSSR count). The second-order valence-corrected chi connectivity index (χ2v) is 17.4. The minimum atomic E-state index is -1.84. The SMILES string of the molecule is CC[C@H]1OC(=O)[C@H](C)[C@@H](O[C@H]2C[C@@](C)(OC)[C@@H](O)[C@H](C)O2)[C@H](C)[C@@H](O[C@@H]2O[C@H](C)C[C@H](N(C)C)[C@H]2O)[C@](C)(OC)C[C@@H](C)C(=O)[C@H](C)[C@@H](OCCC#N)[C@]1(C)O. The Hall–Kier alpha value is -1.81. The van der Waals surface area contributed by atoms with Crippen LogP contribution in [0.5, 0.6) is 0 Å². The monoisotopic (exact) mass is 801 g/mol. The average Bonchev–Trinajstić information content (AvgIpc) is 3.14. The third-order valence-corrected chi connectivity index (χ3v) is 12.7. The van der Waals surface area contributed by atoms with E-state index in [-0.39, 0.29) is 50.2 Å². The maximum Gasteiger partial charge on any atom is 0.311 e. The van der Waals surface area contributed by atoms with Crippen molar-refractivity contribution in [2.45, 2.75) is 186 Å². The number of ketones is 1. The molecule has 0 bridgehead atoms. The number of aliphatic hydroxyl groups excluding tert-OH is 2. The Balaban J connectivity index is 2.25. The van der Waals surface area contributed by atoms with Crippen molar-refractivity contribution in [2.75, 3.05) is 34.9 Å². The molecule has 0 radical (unpaired) electrons. The summed E-state index contributed by atoms with van der Waals surface area (Å²) in [5, 5.41) is 44.1. The fraction of sp³-hybridized carbons (Fsp3) is 0.927. The highest BCUT2D eigenvalue weighted by Crippen LogP contribution is 2.42. The van der Waals surface area contributed by atoms with Crippen LogP contribution in [0.25, 0.3) is 0 Å². The van der Waals surface area contributed by atoms with Crippen LogP contribution in [-0.2, 0) is 47.5 Å². The molecule has 56 heavy (non-hydrogen) atoms. The van der Waals surface area contributed by atoms with Gasteiger partial charge in [-0.3, -0.25) is 9.59 Å². The number of carbonyl (C=O) groups is 2. The second-order valence-electron chi connectivity index (χ2n) is 17.4. The van der Waals surface area contributed by atoms with Gasteiger partial charge < -0.3 is 58.1 Å². The van der Waals surface area contributed by atoms with Crippen LogP contribution in [0.1, 0.15) is 101 Å². The minimum Gasteiger partial charge on any atom is -0.459 e. The quantitative estimate of drug-likeness (QED) is 0.203. The van der Waals surface area contributed by atoms with Gasteiger partial charge in [-0.2, -0.15) is 5.26 Å². The first kappa shape index (κ1) is 48.6. The van der Waals surface area contributed by atoms with Gasteiger partial charge in [-0.05, 0) is 74.9 Å². The molecule has 3 aliphatic heterocycles. The Morgan fingerprint density at radius 3 is 2.09 bits per heavy atom. The molecule has 3 fully saturated rings. The van der Waals surface area contributed by atoms with Crippen LogP contribution >= 0.6 is 0 Å². The van der Waals surface area contributed by atoms with Crippen LogP contribution in [0.3, 0.4) is 0 Å². The number of likely N-dealkylation sites (N-methyl/N-ethyl adjacent to an activating group) is 1. The fourth-order valence-corrected chi connectivity index (χ4v) is 9.12. The summed E-state index contributed by atoms with van der Waals surface area (Å²) in [6.45, 7) is 17.4. The number of esters is 1. The van der Waals surface area contributed by atoms with Crippen molar-refractivity contribution in [3.63, 3.8) is 0 Å². The Kier molecular flexibility index (Phi) is 17.3. The molecule has 15 heteroatoms. The maximum atomic E-state index is 14.4. The van der Waals surface area contributed by atoms with Crippen molar-refractivity contribution >= 4 is 11.8 Å². The molecule has 3 heterocycles. The summed E-state index contributed by atoms with van der Waals surface area (Å²) < 4.78 is 50.5. The molecule has 0 amide bonds. The molecule has 3 saturated heterocycles. The van der Waals surface area contributed by atoms with E-state index in [1.165, 1.54) is 21.1 Å². The zero-order valence-corrected chi connectivity index (χ0v) is 36.2. The van der Waals surface area contributed by atoms with E-state index in [4.69, 9.17) is 37.9 Å². The highest BCUT2D eigenvalue weighted by Gasteiger charge is 2.54. The highest BCUT2D eigenvalue weighted by atomic mass is 16.7. The first-order valence-electron chi connectivity index (χ1n) is 20.2. The van der Waals surface area contributed by atoms with Gasteiger partial charge in [-0.25, -0.2) is 0 Å². The maximum absolute atomic E-state index is 14.4. The van der Waals surface area contributed by atoms with E-state index in [1.54, 1.807) is 41.5 Å². The van der Waals surface area contributed by atoms with Gasteiger partial charge in [0.25, 0.3) is 0 Å². The number of cyclic esters (lactones) is 1. The molecule has 15 nitrogen and oxygen atoms in total. The normalized spacial score (nSPS) is 46.2. The standard InChI is InChI=1S/C41H72N2O13/c1-15-29-41(10,48)36(51-18-16-17-42)24(4)31(44)22(2)20-40(9,50-14)35(56-38-32(45)28(43(11)12)19-23(3)52-38)25(5)33(26(6)37(47)54-29)55-30-21-39(8,49-13)34(46)27(7)53-30/h22-30,32-36,38,45-46,48H,15-16,18-21H2,1-14H3/t22-,23-,24+,25+,26-,27+,28+,29-,30+,32-,33+,34+,35-,36-,38+,39-,40-,41-/m1/s1. The van der Waals surface area contributed by atoms with Gasteiger partial charge in [-0.1, -0.05) is 27.7 Å². The number of nitriles is 1. The van der Waals surface area contributed by atoms with E-state index >= 15 is 0 Å². The fourth-order valence-electron chi connectivity index (χ4n) is 9.12. The molecule has 324 valence electrons. The summed E-state index contributed by atoms with van der Waals surface area (Å²) in [5.41, 5.74) is -4.14. The number of carbonyl (C=O) groups excluding carboxylic acids is 2. The lowest BCUT2D eigenvalue weighted by Gasteiger charge is -2.50. The minimum absolute atomic E-state index is 0.0255. The predicted octanol–water partition coefficient (Wildman–Crippen LogP) is 3.38. The summed E-state index contributed by atoms with van der Waals surface area (Å²) in [4.78, 5) is 30.8. The van der Waals surface area contributed by atoms with Crippen LogP contribution in [0.4, 0.5) is 0 Å². The number of methoxy groups -OCH3 is 2. The van der Waals surface area contributed by atoms with Gasteiger partial charge in [0, 0.05) is 44.4 Å². The Morgan fingerprint density at radius 1 is 0.911 bits per heavy atom. The number of rotatable bonds is 11. The first-order chi connectivity index (χ1) is 26.0. The van der Waals surface area contributed by atoms with Crippen molar-refractivity contribution in [1.82, 2.24) is 4.90 Å². The number of hydrogen-bond donors (Lipinski definition) is 3. The summed E-state index contributed by atoms with van der Waals surface area (Å²) >= 11 is 0. The summed E-state index contributed by atoms with van der Waals surface area (Å²) in [6, 6.07) is 1.74. The second kappa shape index (κ2) is 20.0. The van der Waals surface area contributed by atoms with E-state index in [1.807, 2.05) is 45.8 Å². The molecule has 0 aromatic carbocycles. The molecule has 0 aromatic rings. The summed E-state index contributed by atoms with van der Waals surface area (Å²) in [7, 11) is 6.79. The lowest BCUT2D eigenvalue weighted by atomic mass is 9.73. The van der Waals surface area contributed by atoms with Gasteiger partial charge >= 0.3 is 5.97 Å². The predicted molar refractivity (Wildman–Crippen MR) is 205 cm³/mol. The lowest BCUT2D eigenvalue weighted by Crippen LogP contribution is -2.61. The molecule has 0 aromatic heterocycles. The molecule has 3 N–H and O–H groups in total. The lowest BCUT2D eigenvalue weighted by molar-refractivity contribution is -0.319. The van der Waals surface area contributed by atoms with Crippen molar-refractivity contribution < 1.29 is 62.8 Å². The van der Waals surface area contributed by atoms with Crippen LogP contribution in [0, 0.1) is 35.0 Å². The Labute approximate surface area is 334 Å². The topological polar surface area (TPSA) is 196 Å². The third-order valence-electron chi connectivity index (χ3n) is 12.7. The molecule has 0 spiro atoms. The zero-order chi connectivity index (χ0) is 42.5. The molecular formula is C41H72N2O13. The third kappa shape index (κ3) is 10.7. The Bertz CT molecular complexity index is 1330. The number of aliphatic hydroxyl groups is 3. The van der Waals surface area contributed by atoms with Crippen molar-refractivity contribution in [3.8, 4) is 6.07 Å². The molecule has 18 atom stereocenters. The van der Waals surface area contributed by atoms with E-state index in [9.17, 15) is 30.2 Å². The number of Topliss-reactive ketones (excluding diaryl/α,β-unsaturated/α-hetero) is 1. The van der Waals surface area contributed by atoms with E-state index in [0.29, 0.717) is 6.42 Å². The summed E-state index contributed by atoms with van der Waals surface area (Å²) in [5.74, 6) is -4.23. The molecule has 3 aliphatic rings. The van der Waals surface area contributed by atoms with Crippen LogP contribution in [0.15, 0.2) is 0 Å². The van der Waals surface area contributed by atoms with Crippen LogP contribution in [-0.4, -0.2) is 151 Å². The number of hydrogen-bond acceptors (Lipinski definition) is 15. The van der Waals surface area contributed by atoms with Crippen molar-refractivity contribution in [3.05, 3.63) is 0 Å². The van der Waals surface area contributed by atoms with Gasteiger partial charge in [0.05, 0.1) is 66.7 Å². The molecule has 0 unspecified atom stereocenters. The van der Waals surface area contributed by atoms with Crippen molar-refractivity contribution in [1.29, 1.82) is 5.26 Å². The number of nitrogens with zero attached hydrogens (tertiary/aromatic N) is 2.